The molecule has 1 aromatic carbocycles. The van der Waals surface area contributed by atoms with Crippen LogP contribution >= 0.6 is 12.2 Å². The SMILES string of the molecule is CCc1cccc(C)c1-n1c(C)cc([C@H]2[C@H](c3ccccn3)NC(=S)N2CCO)c1C. The van der Waals surface area contributed by atoms with Crippen molar-refractivity contribution in [2.75, 3.05) is 13.2 Å². The zero-order valence-electron chi connectivity index (χ0n) is 18.6. The Balaban J connectivity index is 1.88. The number of β-amino-alcohol motifs (C(OH)–C–C–N with tert-alkyl or cyclic N) is 1. The smallest absolute Gasteiger partial charge is 0.170 e. The number of thiocarbonyl (C=S) groups is 1. The molecule has 1 fully saturated rings. The maximum Gasteiger partial charge on any atom is 0.170 e. The molecular formula is C25H30N4OS. The molecular weight excluding hydrogens is 404 g/mol. The molecule has 0 saturated carbocycles. The molecule has 4 rings (SSSR count). The van der Waals surface area contributed by atoms with Crippen LogP contribution in [0.25, 0.3) is 5.69 Å². The molecule has 5 nitrogen and oxygen atoms in total. The second-order valence-corrected chi connectivity index (χ2v) is 8.53. The van der Waals surface area contributed by atoms with Gasteiger partial charge in [-0.2, -0.15) is 0 Å². The van der Waals surface area contributed by atoms with Gasteiger partial charge in [0.05, 0.1) is 30.1 Å². The Hall–Kier alpha value is -2.70. The molecule has 2 N–H and O–H groups in total. The Bertz CT molecular complexity index is 1090. The number of pyridine rings is 1. The minimum atomic E-state index is -0.0725. The second kappa shape index (κ2) is 8.81. The molecule has 0 amide bonds. The van der Waals surface area contributed by atoms with Gasteiger partial charge in [-0.1, -0.05) is 31.2 Å². The molecule has 0 bridgehead atoms. The van der Waals surface area contributed by atoms with Crippen LogP contribution in [0.15, 0.2) is 48.7 Å². The average Bonchev–Trinajstić information content (AvgIpc) is 3.24. The quantitative estimate of drug-likeness (QED) is 0.566. The zero-order chi connectivity index (χ0) is 22.1. The Morgan fingerprint density at radius 1 is 1.13 bits per heavy atom. The van der Waals surface area contributed by atoms with E-state index in [1.54, 1.807) is 0 Å². The van der Waals surface area contributed by atoms with Crippen molar-refractivity contribution >= 4 is 17.3 Å². The molecule has 6 heteroatoms. The van der Waals surface area contributed by atoms with Crippen LogP contribution in [-0.4, -0.2) is 37.8 Å². The first-order chi connectivity index (χ1) is 15.0. The summed E-state index contributed by atoms with van der Waals surface area (Å²) in [5, 5.41) is 13.8. The number of hydrogen-bond donors (Lipinski definition) is 2. The van der Waals surface area contributed by atoms with Crippen molar-refractivity contribution < 1.29 is 5.11 Å². The predicted molar refractivity (Wildman–Crippen MR) is 129 cm³/mol. The summed E-state index contributed by atoms with van der Waals surface area (Å²) in [5.74, 6) is 0. The van der Waals surface area contributed by atoms with Gasteiger partial charge in [-0.15, -0.1) is 0 Å². The van der Waals surface area contributed by atoms with E-state index >= 15 is 0 Å². The predicted octanol–water partition coefficient (Wildman–Crippen LogP) is 4.32. The lowest BCUT2D eigenvalue weighted by molar-refractivity contribution is 0.223. The Labute approximate surface area is 189 Å². The number of aliphatic hydroxyl groups excluding tert-OH is 1. The van der Waals surface area contributed by atoms with Crippen LogP contribution in [-0.2, 0) is 6.42 Å². The van der Waals surface area contributed by atoms with E-state index < -0.39 is 0 Å². The third kappa shape index (κ3) is 3.75. The number of nitrogens with one attached hydrogen (secondary N) is 1. The first-order valence-corrected chi connectivity index (χ1v) is 11.2. The van der Waals surface area contributed by atoms with Gasteiger partial charge in [0.2, 0.25) is 0 Å². The van der Waals surface area contributed by atoms with Gasteiger partial charge in [0.1, 0.15) is 0 Å². The Morgan fingerprint density at radius 3 is 2.61 bits per heavy atom. The van der Waals surface area contributed by atoms with Crippen molar-refractivity contribution in [3.8, 4) is 5.69 Å². The van der Waals surface area contributed by atoms with Crippen LogP contribution < -0.4 is 5.32 Å². The van der Waals surface area contributed by atoms with E-state index in [-0.39, 0.29) is 18.7 Å². The van der Waals surface area contributed by atoms with Crippen molar-refractivity contribution in [1.82, 2.24) is 19.8 Å². The minimum Gasteiger partial charge on any atom is -0.395 e. The number of aromatic nitrogens is 2. The Kier molecular flexibility index (Phi) is 6.12. The van der Waals surface area contributed by atoms with E-state index in [9.17, 15) is 5.11 Å². The standard InChI is InChI=1S/C25H30N4OS/c1-5-19-10-8-9-16(2)23(19)29-17(3)15-20(18(29)4)24-22(21-11-6-7-12-26-21)27-25(31)28(24)13-14-30/h6-12,15,22,24,30H,5,13-14H2,1-4H3,(H,27,31)/t22-,24-/m0/s1. The van der Waals surface area contributed by atoms with Gasteiger partial charge in [-0.05, 0) is 74.3 Å². The van der Waals surface area contributed by atoms with Crippen molar-refractivity contribution in [2.24, 2.45) is 0 Å². The number of nitrogens with zero attached hydrogens (tertiary/aromatic N) is 3. The van der Waals surface area contributed by atoms with E-state index in [1.165, 1.54) is 33.8 Å². The van der Waals surface area contributed by atoms with E-state index in [4.69, 9.17) is 12.2 Å². The highest BCUT2D eigenvalue weighted by atomic mass is 32.1. The van der Waals surface area contributed by atoms with Crippen molar-refractivity contribution in [3.05, 3.63) is 82.4 Å². The monoisotopic (exact) mass is 434 g/mol. The summed E-state index contributed by atoms with van der Waals surface area (Å²) in [6, 6.07) is 14.6. The highest BCUT2D eigenvalue weighted by Crippen LogP contribution is 2.41. The number of para-hydroxylation sites is 1. The molecule has 0 spiro atoms. The Morgan fingerprint density at radius 2 is 1.94 bits per heavy atom. The highest BCUT2D eigenvalue weighted by molar-refractivity contribution is 7.80. The number of hydrogen-bond acceptors (Lipinski definition) is 3. The van der Waals surface area contributed by atoms with E-state index in [0.29, 0.717) is 11.7 Å². The molecule has 2 aromatic heterocycles. The molecule has 0 radical (unpaired) electrons. The molecule has 1 aliphatic rings. The third-order valence-corrected chi connectivity index (χ3v) is 6.61. The second-order valence-electron chi connectivity index (χ2n) is 8.14. The fraction of sp³-hybridized carbons (Fsp3) is 0.360. The number of benzene rings is 1. The molecule has 1 aliphatic heterocycles. The topological polar surface area (TPSA) is 53.3 Å². The summed E-state index contributed by atoms with van der Waals surface area (Å²) >= 11 is 5.67. The summed E-state index contributed by atoms with van der Waals surface area (Å²) in [4.78, 5) is 6.70. The van der Waals surface area contributed by atoms with Crippen LogP contribution in [0.3, 0.4) is 0 Å². The average molecular weight is 435 g/mol. The van der Waals surface area contributed by atoms with E-state index in [1.807, 2.05) is 24.4 Å². The minimum absolute atomic E-state index is 0.0383. The van der Waals surface area contributed by atoms with Gasteiger partial charge in [0.15, 0.2) is 5.11 Å². The molecule has 31 heavy (non-hydrogen) atoms. The summed E-state index contributed by atoms with van der Waals surface area (Å²) in [7, 11) is 0. The summed E-state index contributed by atoms with van der Waals surface area (Å²) in [6.07, 6.45) is 2.79. The normalized spacial score (nSPS) is 18.5. The van der Waals surface area contributed by atoms with Gasteiger partial charge >= 0.3 is 0 Å². The molecule has 2 atom stereocenters. The summed E-state index contributed by atoms with van der Waals surface area (Å²) < 4.78 is 2.37. The summed E-state index contributed by atoms with van der Waals surface area (Å²) in [5.41, 5.74) is 8.41. The lowest BCUT2D eigenvalue weighted by Gasteiger charge is -2.27. The maximum atomic E-state index is 9.73. The number of rotatable bonds is 6. The van der Waals surface area contributed by atoms with Crippen LogP contribution in [0, 0.1) is 20.8 Å². The fourth-order valence-electron chi connectivity index (χ4n) is 4.85. The lowest BCUT2D eigenvalue weighted by atomic mass is 9.96. The molecule has 0 unspecified atom stereocenters. The van der Waals surface area contributed by atoms with E-state index in [0.717, 1.165) is 12.1 Å². The molecule has 162 valence electrons. The summed E-state index contributed by atoms with van der Waals surface area (Å²) in [6.45, 7) is 9.25. The van der Waals surface area contributed by atoms with Crippen LogP contribution in [0.5, 0.6) is 0 Å². The van der Waals surface area contributed by atoms with Gasteiger partial charge in [0.25, 0.3) is 0 Å². The van der Waals surface area contributed by atoms with Crippen LogP contribution in [0.4, 0.5) is 0 Å². The van der Waals surface area contributed by atoms with E-state index in [2.05, 4.69) is 71.7 Å². The molecule has 3 aromatic rings. The first kappa shape index (κ1) is 21.5. The largest absolute Gasteiger partial charge is 0.395 e. The first-order valence-electron chi connectivity index (χ1n) is 10.8. The third-order valence-electron chi connectivity index (χ3n) is 6.25. The number of aryl methyl sites for hydroxylation is 3. The van der Waals surface area contributed by atoms with Crippen molar-refractivity contribution in [3.63, 3.8) is 0 Å². The lowest BCUT2D eigenvalue weighted by Crippen LogP contribution is -2.32. The van der Waals surface area contributed by atoms with Gasteiger partial charge in [-0.25, -0.2) is 0 Å². The number of aliphatic hydroxyl groups is 1. The van der Waals surface area contributed by atoms with Crippen LogP contribution in [0.2, 0.25) is 0 Å². The zero-order valence-corrected chi connectivity index (χ0v) is 19.4. The molecule has 3 heterocycles. The van der Waals surface area contributed by atoms with Gasteiger partial charge in [0, 0.05) is 24.1 Å². The maximum absolute atomic E-state index is 9.73. The molecule has 1 saturated heterocycles. The van der Waals surface area contributed by atoms with Crippen molar-refractivity contribution in [1.29, 1.82) is 0 Å². The van der Waals surface area contributed by atoms with Crippen molar-refractivity contribution in [2.45, 2.75) is 46.2 Å². The van der Waals surface area contributed by atoms with Gasteiger partial charge in [-0.3, -0.25) is 4.98 Å². The molecule has 0 aliphatic carbocycles. The van der Waals surface area contributed by atoms with Crippen LogP contribution in [0.1, 0.15) is 52.8 Å². The fourth-order valence-corrected chi connectivity index (χ4v) is 5.18. The highest BCUT2D eigenvalue weighted by Gasteiger charge is 2.41. The van der Waals surface area contributed by atoms with Gasteiger partial charge < -0.3 is 19.9 Å².